The predicted octanol–water partition coefficient (Wildman–Crippen LogP) is 4.09. The number of benzene rings is 3. The maximum atomic E-state index is 13.4. The lowest BCUT2D eigenvalue weighted by molar-refractivity contribution is -0.395. The van der Waals surface area contributed by atoms with Crippen molar-refractivity contribution in [3.63, 3.8) is 0 Å². The number of non-ortho nitro benzene ring substituents is 1. The van der Waals surface area contributed by atoms with Crippen LogP contribution in [0.25, 0.3) is 0 Å². The normalized spacial score (nSPS) is 22.2. The summed E-state index contributed by atoms with van der Waals surface area (Å²) in [5, 5.41) is 23.2. The van der Waals surface area contributed by atoms with Crippen LogP contribution in [0.3, 0.4) is 0 Å². The van der Waals surface area contributed by atoms with Crippen LogP contribution in [-0.2, 0) is 24.6 Å². The molecule has 1 saturated heterocycles. The van der Waals surface area contributed by atoms with Gasteiger partial charge >= 0.3 is 5.97 Å². The van der Waals surface area contributed by atoms with E-state index in [0.29, 0.717) is 22.6 Å². The Morgan fingerprint density at radius 3 is 2.42 bits per heavy atom. The quantitative estimate of drug-likeness (QED) is 0.278. The molecule has 2 aliphatic rings. The second kappa shape index (κ2) is 8.91. The zero-order chi connectivity index (χ0) is 25.4. The lowest BCUT2D eigenvalue weighted by Crippen LogP contribution is -2.41. The van der Waals surface area contributed by atoms with Gasteiger partial charge in [0.25, 0.3) is 11.4 Å². The molecule has 36 heavy (non-hydrogen) atoms. The van der Waals surface area contributed by atoms with Gasteiger partial charge in [0.15, 0.2) is 17.8 Å². The number of ether oxygens (including phenoxy) is 5. The SMILES string of the molecule is COC(=O)[C@]1(c2ccccc2)O[C@@H](c2ccc3c(c2)OCO3)O[C@H]1c1ccc([N+](=O)[O-])cc1[N+](=O)[O-]. The predicted molar refractivity (Wildman–Crippen MR) is 120 cm³/mol. The first-order valence-electron chi connectivity index (χ1n) is 10.6. The monoisotopic (exact) mass is 494 g/mol. The highest BCUT2D eigenvalue weighted by atomic mass is 16.8. The third-order valence-electron chi connectivity index (χ3n) is 5.99. The van der Waals surface area contributed by atoms with Gasteiger partial charge in [0.1, 0.15) is 6.10 Å². The van der Waals surface area contributed by atoms with Crippen LogP contribution in [0, 0.1) is 20.2 Å². The molecule has 0 bridgehead atoms. The highest BCUT2D eigenvalue weighted by Gasteiger charge is 2.60. The van der Waals surface area contributed by atoms with Crippen LogP contribution in [0.15, 0.2) is 66.7 Å². The molecule has 2 heterocycles. The summed E-state index contributed by atoms with van der Waals surface area (Å²) in [5.41, 5.74) is -2.39. The van der Waals surface area contributed by atoms with Gasteiger partial charge in [-0.1, -0.05) is 30.3 Å². The number of nitro groups is 2. The third kappa shape index (κ3) is 3.68. The Hall–Kier alpha value is -4.55. The fourth-order valence-electron chi connectivity index (χ4n) is 4.33. The molecule has 184 valence electrons. The summed E-state index contributed by atoms with van der Waals surface area (Å²) in [6.07, 6.45) is -2.58. The zero-order valence-corrected chi connectivity index (χ0v) is 18.7. The summed E-state index contributed by atoms with van der Waals surface area (Å²) in [6.45, 7) is 0.0406. The highest BCUT2D eigenvalue weighted by Crippen LogP contribution is 2.55. The maximum Gasteiger partial charge on any atom is 0.346 e. The summed E-state index contributed by atoms with van der Waals surface area (Å²) in [4.78, 5) is 35.1. The molecule has 1 fully saturated rings. The van der Waals surface area contributed by atoms with Gasteiger partial charge in [0.05, 0.1) is 28.6 Å². The number of nitro benzene ring substituents is 2. The lowest BCUT2D eigenvalue weighted by atomic mass is 9.83. The molecule has 0 radical (unpaired) electrons. The van der Waals surface area contributed by atoms with E-state index in [2.05, 4.69) is 0 Å². The number of rotatable bonds is 6. The zero-order valence-electron chi connectivity index (χ0n) is 18.7. The van der Waals surface area contributed by atoms with Crippen molar-refractivity contribution in [2.75, 3.05) is 13.9 Å². The first-order valence-corrected chi connectivity index (χ1v) is 10.6. The van der Waals surface area contributed by atoms with E-state index in [9.17, 15) is 25.0 Å². The fourth-order valence-corrected chi connectivity index (χ4v) is 4.33. The number of fused-ring (bicyclic) bond motifs is 1. The van der Waals surface area contributed by atoms with E-state index < -0.39 is 45.2 Å². The van der Waals surface area contributed by atoms with Crippen LogP contribution in [0.5, 0.6) is 11.5 Å². The summed E-state index contributed by atoms with van der Waals surface area (Å²) >= 11 is 0. The van der Waals surface area contributed by atoms with Crippen molar-refractivity contribution in [3.8, 4) is 11.5 Å². The third-order valence-corrected chi connectivity index (χ3v) is 5.99. The minimum atomic E-state index is -1.97. The first kappa shape index (κ1) is 23.2. The summed E-state index contributed by atoms with van der Waals surface area (Å²) in [5.74, 6) is 0.0871. The molecule has 0 aromatic heterocycles. The number of carbonyl (C=O) groups excluding carboxylic acids is 1. The van der Waals surface area contributed by atoms with Crippen molar-refractivity contribution in [2.24, 2.45) is 0 Å². The van der Waals surface area contributed by atoms with Gasteiger partial charge < -0.3 is 23.7 Å². The minimum absolute atomic E-state index is 0.0406. The summed E-state index contributed by atoms with van der Waals surface area (Å²) < 4.78 is 28.3. The van der Waals surface area contributed by atoms with Crippen LogP contribution >= 0.6 is 0 Å². The first-order chi connectivity index (χ1) is 17.3. The molecule has 3 aromatic rings. The number of hydrogen-bond acceptors (Lipinski definition) is 10. The molecule has 0 amide bonds. The second-order valence-electron chi connectivity index (χ2n) is 7.93. The van der Waals surface area contributed by atoms with E-state index in [1.165, 1.54) is 6.07 Å². The smallest absolute Gasteiger partial charge is 0.346 e. The molecular weight excluding hydrogens is 476 g/mol. The second-order valence-corrected chi connectivity index (χ2v) is 7.93. The highest BCUT2D eigenvalue weighted by molar-refractivity contribution is 5.83. The molecule has 12 heteroatoms. The van der Waals surface area contributed by atoms with Crippen molar-refractivity contribution in [1.82, 2.24) is 0 Å². The average molecular weight is 494 g/mol. The van der Waals surface area contributed by atoms with Crippen molar-refractivity contribution >= 4 is 17.3 Å². The Labute approximate surface area is 203 Å². The molecule has 0 unspecified atom stereocenters. The van der Waals surface area contributed by atoms with Crippen LogP contribution in [0.2, 0.25) is 0 Å². The van der Waals surface area contributed by atoms with Crippen molar-refractivity contribution in [1.29, 1.82) is 0 Å². The number of nitrogens with zero attached hydrogens (tertiary/aromatic N) is 2. The lowest BCUT2D eigenvalue weighted by Gasteiger charge is -2.30. The largest absolute Gasteiger partial charge is 0.467 e. The van der Waals surface area contributed by atoms with Gasteiger partial charge in [0.2, 0.25) is 12.4 Å². The number of carbonyl (C=O) groups is 1. The average Bonchev–Trinajstić information content (AvgIpc) is 3.53. The molecule has 0 spiro atoms. The minimum Gasteiger partial charge on any atom is -0.467 e. The van der Waals surface area contributed by atoms with Crippen molar-refractivity contribution in [2.45, 2.75) is 18.0 Å². The van der Waals surface area contributed by atoms with Gasteiger partial charge in [-0.25, -0.2) is 4.79 Å². The van der Waals surface area contributed by atoms with Gasteiger partial charge in [-0.2, -0.15) is 0 Å². The molecule has 0 saturated carbocycles. The van der Waals surface area contributed by atoms with E-state index in [4.69, 9.17) is 23.7 Å². The number of hydrogen-bond donors (Lipinski definition) is 0. The van der Waals surface area contributed by atoms with Crippen LogP contribution in [-0.4, -0.2) is 29.7 Å². The van der Waals surface area contributed by atoms with Gasteiger partial charge in [0, 0.05) is 11.6 Å². The molecule has 2 aliphatic heterocycles. The molecule has 3 atom stereocenters. The Morgan fingerprint density at radius 2 is 1.72 bits per heavy atom. The molecule has 0 aliphatic carbocycles. The van der Waals surface area contributed by atoms with E-state index in [1.54, 1.807) is 48.5 Å². The van der Waals surface area contributed by atoms with Crippen molar-refractivity contribution < 1.29 is 38.3 Å². The van der Waals surface area contributed by atoms with E-state index >= 15 is 0 Å². The molecule has 0 N–H and O–H groups in total. The topological polar surface area (TPSA) is 150 Å². The Morgan fingerprint density at radius 1 is 0.972 bits per heavy atom. The standard InChI is InChI=1S/C24H18N2O10/c1-32-23(27)24(15-5-3-2-4-6-15)21(17-9-8-16(25(28)29)12-18(17)26(30)31)35-22(36-24)14-7-10-19-20(11-14)34-13-33-19/h2-12,21-22H,13H2,1H3/t21-,22-,24+/m0/s1. The molecule has 5 rings (SSSR count). The van der Waals surface area contributed by atoms with Crippen LogP contribution < -0.4 is 9.47 Å². The molecule has 3 aromatic carbocycles. The van der Waals surface area contributed by atoms with Crippen LogP contribution in [0.1, 0.15) is 29.1 Å². The molecule has 12 nitrogen and oxygen atoms in total. The molecular formula is C24H18N2O10. The van der Waals surface area contributed by atoms with Crippen molar-refractivity contribution in [3.05, 3.63) is 104 Å². The van der Waals surface area contributed by atoms with Gasteiger partial charge in [-0.15, -0.1) is 0 Å². The van der Waals surface area contributed by atoms with E-state index in [1.807, 2.05) is 0 Å². The number of methoxy groups -OCH3 is 1. The Balaban J connectivity index is 1.70. The number of esters is 1. The maximum absolute atomic E-state index is 13.4. The summed E-state index contributed by atoms with van der Waals surface area (Å²) in [7, 11) is 1.16. The Bertz CT molecular complexity index is 1360. The van der Waals surface area contributed by atoms with E-state index in [-0.39, 0.29) is 12.4 Å². The fraction of sp³-hybridized carbons (Fsp3) is 0.208. The summed E-state index contributed by atoms with van der Waals surface area (Å²) in [6, 6.07) is 16.3. The van der Waals surface area contributed by atoms with Gasteiger partial charge in [-0.05, 0) is 29.8 Å². The Kier molecular flexibility index (Phi) is 5.74. The van der Waals surface area contributed by atoms with Crippen LogP contribution in [0.4, 0.5) is 11.4 Å². The van der Waals surface area contributed by atoms with E-state index in [0.717, 1.165) is 19.2 Å². The van der Waals surface area contributed by atoms with Gasteiger partial charge in [-0.3, -0.25) is 20.2 Å².